The van der Waals surface area contributed by atoms with Crippen molar-refractivity contribution in [2.75, 3.05) is 24.7 Å². The Labute approximate surface area is 145 Å². The molecule has 0 fully saturated rings. The molecule has 0 amide bonds. The highest BCUT2D eigenvalue weighted by atomic mass is 16.6. The minimum absolute atomic E-state index is 0.138. The Hall–Kier alpha value is -1.97. The highest BCUT2D eigenvalue weighted by Crippen LogP contribution is 2.30. The molecule has 2 N–H and O–H groups in total. The van der Waals surface area contributed by atoms with Crippen LogP contribution in [0.5, 0.6) is 0 Å². The summed E-state index contributed by atoms with van der Waals surface area (Å²) in [5.41, 5.74) is 11.5. The molecule has 0 saturated heterocycles. The number of hydrogen-bond donors (Lipinski definition) is 1. The number of benzene rings is 1. The van der Waals surface area contributed by atoms with Crippen molar-refractivity contribution in [1.82, 2.24) is 0 Å². The van der Waals surface area contributed by atoms with Crippen LogP contribution in [-0.2, 0) is 22.4 Å². The summed E-state index contributed by atoms with van der Waals surface area (Å²) in [4.78, 5) is 14.1. The third-order valence-corrected chi connectivity index (χ3v) is 4.18. The van der Waals surface area contributed by atoms with Crippen LogP contribution in [0.15, 0.2) is 23.8 Å². The summed E-state index contributed by atoms with van der Waals surface area (Å²) in [6, 6.07) is 4.30. The normalized spacial score (nSPS) is 17.1. The first kappa shape index (κ1) is 18.4. The van der Waals surface area contributed by atoms with Gasteiger partial charge in [-0.05, 0) is 69.7 Å². The zero-order chi connectivity index (χ0) is 17.9. The summed E-state index contributed by atoms with van der Waals surface area (Å²) < 4.78 is 5.45. The summed E-state index contributed by atoms with van der Waals surface area (Å²) >= 11 is 0. The van der Waals surface area contributed by atoms with Crippen molar-refractivity contribution >= 4 is 17.3 Å². The number of aryl methyl sites for hydroxylation is 2. The predicted octanol–water partition coefficient (Wildman–Crippen LogP) is 3.87. The molecule has 0 atom stereocenters. The highest BCUT2D eigenvalue weighted by molar-refractivity contribution is 5.73. The second-order valence-electron chi connectivity index (χ2n) is 7.74. The van der Waals surface area contributed by atoms with Crippen LogP contribution in [0, 0.1) is 0 Å². The molecule has 1 aliphatic carbocycles. The predicted molar refractivity (Wildman–Crippen MR) is 100 cm³/mol. The first-order valence-corrected chi connectivity index (χ1v) is 8.64. The largest absolute Gasteiger partial charge is 0.460 e. The van der Waals surface area contributed by atoms with Crippen molar-refractivity contribution < 1.29 is 9.53 Å². The summed E-state index contributed by atoms with van der Waals surface area (Å²) in [7, 11) is 4.02. The fourth-order valence-electron chi connectivity index (χ4n) is 3.10. The summed E-state index contributed by atoms with van der Waals surface area (Å²) in [5, 5.41) is 0. The molecule has 0 bridgehead atoms. The monoisotopic (exact) mass is 330 g/mol. The Morgan fingerprint density at radius 2 is 1.83 bits per heavy atom. The van der Waals surface area contributed by atoms with Crippen LogP contribution < -0.4 is 10.6 Å². The zero-order valence-corrected chi connectivity index (χ0v) is 15.6. The van der Waals surface area contributed by atoms with Crippen molar-refractivity contribution in [1.29, 1.82) is 0 Å². The number of nitrogens with zero attached hydrogens (tertiary/aromatic N) is 1. The Balaban J connectivity index is 2.10. The molecule has 0 aliphatic heterocycles. The van der Waals surface area contributed by atoms with Crippen molar-refractivity contribution in [3.05, 3.63) is 34.9 Å². The molecule has 132 valence electrons. The quantitative estimate of drug-likeness (QED) is 0.519. The molecule has 4 heteroatoms. The van der Waals surface area contributed by atoms with Gasteiger partial charge in [-0.15, -0.1) is 0 Å². The zero-order valence-electron chi connectivity index (χ0n) is 15.6. The van der Waals surface area contributed by atoms with Gasteiger partial charge in [0.2, 0.25) is 0 Å². The molecular weight excluding hydrogens is 300 g/mol. The van der Waals surface area contributed by atoms with Crippen molar-refractivity contribution in [3.63, 3.8) is 0 Å². The lowest BCUT2D eigenvalue weighted by Gasteiger charge is -2.22. The Kier molecular flexibility index (Phi) is 5.58. The molecule has 1 aromatic rings. The molecular formula is C20H30N2O2. The molecule has 0 spiro atoms. The van der Waals surface area contributed by atoms with Crippen LogP contribution in [0.3, 0.4) is 0 Å². The lowest BCUT2D eigenvalue weighted by atomic mass is 9.91. The van der Waals surface area contributed by atoms with Gasteiger partial charge in [0, 0.05) is 14.1 Å². The van der Waals surface area contributed by atoms with Gasteiger partial charge in [0.25, 0.3) is 0 Å². The molecule has 1 aliphatic rings. The van der Waals surface area contributed by atoms with Crippen molar-refractivity contribution in [2.24, 2.45) is 0 Å². The second-order valence-corrected chi connectivity index (χ2v) is 7.74. The number of rotatable bonds is 3. The van der Waals surface area contributed by atoms with Crippen molar-refractivity contribution in [3.8, 4) is 0 Å². The number of anilines is 2. The maximum absolute atomic E-state index is 12.1. The summed E-state index contributed by atoms with van der Waals surface area (Å²) in [5.74, 6) is -0.138. The average molecular weight is 330 g/mol. The minimum Gasteiger partial charge on any atom is -0.460 e. The average Bonchev–Trinajstić information content (AvgIpc) is 2.40. The van der Waals surface area contributed by atoms with E-state index in [9.17, 15) is 4.79 Å². The topological polar surface area (TPSA) is 55.6 Å². The van der Waals surface area contributed by atoms with E-state index >= 15 is 0 Å². The van der Waals surface area contributed by atoms with E-state index in [2.05, 4.69) is 18.2 Å². The smallest absolute Gasteiger partial charge is 0.310 e. The molecule has 0 saturated carbocycles. The van der Waals surface area contributed by atoms with Crippen LogP contribution >= 0.6 is 0 Å². The fourth-order valence-corrected chi connectivity index (χ4v) is 3.10. The number of hydrogen-bond acceptors (Lipinski definition) is 4. The van der Waals surface area contributed by atoms with Crippen LogP contribution in [0.1, 0.15) is 51.2 Å². The van der Waals surface area contributed by atoms with E-state index < -0.39 is 5.60 Å². The van der Waals surface area contributed by atoms with E-state index in [-0.39, 0.29) is 5.97 Å². The lowest BCUT2D eigenvalue weighted by Crippen LogP contribution is -2.24. The van der Waals surface area contributed by atoms with E-state index in [4.69, 9.17) is 10.5 Å². The Morgan fingerprint density at radius 3 is 2.46 bits per heavy atom. The summed E-state index contributed by atoms with van der Waals surface area (Å²) in [6.07, 6.45) is 6.32. The van der Waals surface area contributed by atoms with Gasteiger partial charge in [-0.2, -0.15) is 0 Å². The third kappa shape index (κ3) is 5.02. The van der Waals surface area contributed by atoms with E-state index in [0.29, 0.717) is 6.42 Å². The number of allylic oxidation sites excluding steroid dienone is 1. The maximum Gasteiger partial charge on any atom is 0.310 e. The molecule has 0 radical (unpaired) electrons. The third-order valence-electron chi connectivity index (χ3n) is 4.18. The number of fused-ring (bicyclic) bond motifs is 1. The molecule has 24 heavy (non-hydrogen) atoms. The first-order valence-electron chi connectivity index (χ1n) is 8.64. The molecule has 0 aromatic heterocycles. The van der Waals surface area contributed by atoms with Gasteiger partial charge in [-0.3, -0.25) is 4.79 Å². The maximum atomic E-state index is 12.1. The van der Waals surface area contributed by atoms with Gasteiger partial charge in [0.1, 0.15) is 5.60 Å². The van der Waals surface area contributed by atoms with Gasteiger partial charge in [0.05, 0.1) is 17.8 Å². The van der Waals surface area contributed by atoms with Gasteiger partial charge >= 0.3 is 5.97 Å². The van der Waals surface area contributed by atoms with Gasteiger partial charge in [0.15, 0.2) is 0 Å². The highest BCUT2D eigenvalue weighted by Gasteiger charge is 2.18. The molecule has 0 unspecified atom stereocenters. The minimum atomic E-state index is -0.427. The Morgan fingerprint density at radius 1 is 1.17 bits per heavy atom. The number of ether oxygens (including phenoxy) is 1. The van der Waals surface area contributed by atoms with Crippen LogP contribution in [0.25, 0.3) is 0 Å². The Bertz CT molecular complexity index is 640. The molecule has 0 heterocycles. The lowest BCUT2D eigenvalue weighted by molar-refractivity contribution is -0.153. The number of carbonyl (C=O) groups excluding carboxylic acids is 1. The van der Waals surface area contributed by atoms with Crippen LogP contribution in [0.2, 0.25) is 0 Å². The van der Waals surface area contributed by atoms with Crippen LogP contribution in [-0.4, -0.2) is 25.7 Å². The molecule has 2 rings (SSSR count). The number of carbonyl (C=O) groups is 1. The van der Waals surface area contributed by atoms with E-state index in [0.717, 1.165) is 37.1 Å². The molecule has 1 aromatic carbocycles. The van der Waals surface area contributed by atoms with Crippen LogP contribution in [0.4, 0.5) is 11.4 Å². The standard InChI is InChI=1S/C20H30N2O2/c1-20(2,3)24-19(23)11-14-7-6-8-15-12-17(21)18(22(4)5)13-16(15)10-9-14/h7,12-13H,6,8-11,21H2,1-5H3/b14-7+. The number of nitrogen functional groups attached to an aromatic ring is 1. The van der Waals surface area contributed by atoms with E-state index in [1.54, 1.807) is 0 Å². The van der Waals surface area contributed by atoms with Crippen molar-refractivity contribution in [2.45, 2.75) is 58.5 Å². The number of nitrogens with two attached hydrogens (primary N) is 1. The van der Waals surface area contributed by atoms with E-state index in [1.807, 2.05) is 39.8 Å². The summed E-state index contributed by atoms with van der Waals surface area (Å²) in [6.45, 7) is 5.71. The van der Waals surface area contributed by atoms with Gasteiger partial charge in [-0.1, -0.05) is 11.6 Å². The second kappa shape index (κ2) is 7.29. The van der Waals surface area contributed by atoms with Gasteiger partial charge in [-0.25, -0.2) is 0 Å². The first-order chi connectivity index (χ1) is 11.2. The number of esters is 1. The van der Waals surface area contributed by atoms with Gasteiger partial charge < -0.3 is 15.4 Å². The fraction of sp³-hybridized carbons (Fsp3) is 0.550. The molecule has 4 nitrogen and oxygen atoms in total. The SMILES string of the molecule is CN(C)c1cc2c(cc1N)CC/C=C(/CC(=O)OC(C)(C)C)CC2. The van der Waals surface area contributed by atoms with E-state index in [1.165, 1.54) is 16.7 Å².